The quantitative estimate of drug-likeness (QED) is 0.370. The third kappa shape index (κ3) is 7.03. The van der Waals surface area contributed by atoms with Crippen LogP contribution in [0.4, 0.5) is 20.6 Å². The number of esters is 1. The van der Waals surface area contributed by atoms with E-state index in [-0.39, 0.29) is 25.4 Å². The maximum absolute atomic E-state index is 14.6. The van der Waals surface area contributed by atoms with Crippen LogP contribution in [0.2, 0.25) is 0 Å². The Morgan fingerprint density at radius 2 is 1.85 bits per heavy atom. The number of ether oxygens (including phenoxy) is 2. The number of nitrogens with one attached hydrogen (secondary N) is 2. The van der Waals surface area contributed by atoms with Crippen molar-refractivity contribution in [2.45, 2.75) is 25.7 Å². The Kier molecular flexibility index (Phi) is 9.35. The Morgan fingerprint density at radius 3 is 2.48 bits per heavy atom. The predicted molar refractivity (Wildman–Crippen MR) is 125 cm³/mol. The molecule has 8 heteroatoms. The van der Waals surface area contributed by atoms with Gasteiger partial charge in [-0.2, -0.15) is 0 Å². The normalized spacial score (nSPS) is 11.1. The molecule has 2 N–H and O–H groups in total. The molecule has 0 fully saturated rings. The number of carbonyl (C=O) groups excluding carboxylic acids is 3. The summed E-state index contributed by atoms with van der Waals surface area (Å²) in [5, 5.41) is 5.27. The van der Waals surface area contributed by atoms with Crippen molar-refractivity contribution in [3.63, 3.8) is 0 Å². The lowest BCUT2D eigenvalue weighted by atomic mass is 9.92. The van der Waals surface area contributed by atoms with Crippen LogP contribution in [0.25, 0.3) is 11.1 Å². The minimum atomic E-state index is -0.726. The van der Waals surface area contributed by atoms with E-state index in [9.17, 15) is 18.8 Å². The number of allylic oxidation sites excluding steroid dienone is 1. The zero-order valence-electron chi connectivity index (χ0n) is 18.7. The first-order valence-corrected chi connectivity index (χ1v) is 10.3. The molecule has 7 nitrogen and oxygen atoms in total. The van der Waals surface area contributed by atoms with E-state index in [1.807, 2.05) is 0 Å². The van der Waals surface area contributed by atoms with Crippen molar-refractivity contribution >= 4 is 29.3 Å². The van der Waals surface area contributed by atoms with Crippen LogP contribution in [0.3, 0.4) is 0 Å². The highest BCUT2D eigenvalue weighted by atomic mass is 19.1. The molecule has 1 unspecified atom stereocenters. The molecule has 0 aromatic heterocycles. The van der Waals surface area contributed by atoms with Gasteiger partial charge in [0, 0.05) is 17.7 Å². The van der Waals surface area contributed by atoms with Crippen LogP contribution in [0.5, 0.6) is 0 Å². The van der Waals surface area contributed by atoms with Gasteiger partial charge in [-0.05, 0) is 54.8 Å². The highest BCUT2D eigenvalue weighted by Crippen LogP contribution is 2.34. The number of benzene rings is 2. The van der Waals surface area contributed by atoms with Crippen LogP contribution in [0.1, 0.15) is 31.2 Å². The third-order valence-electron chi connectivity index (χ3n) is 4.66. The van der Waals surface area contributed by atoms with Crippen molar-refractivity contribution in [3.05, 3.63) is 73.1 Å². The van der Waals surface area contributed by atoms with Crippen LogP contribution in [-0.2, 0) is 19.1 Å². The number of carbonyl (C=O) groups is 3. The van der Waals surface area contributed by atoms with Gasteiger partial charge in [0.25, 0.3) is 0 Å². The molecule has 0 radical (unpaired) electrons. The van der Waals surface area contributed by atoms with Gasteiger partial charge in [0.05, 0.1) is 25.3 Å². The first kappa shape index (κ1) is 25.3. The summed E-state index contributed by atoms with van der Waals surface area (Å²) in [7, 11) is 1.23. The van der Waals surface area contributed by atoms with E-state index >= 15 is 0 Å². The highest BCUT2D eigenvalue weighted by Gasteiger charge is 2.23. The molecule has 2 rings (SSSR count). The molecule has 33 heavy (non-hydrogen) atoms. The van der Waals surface area contributed by atoms with Crippen LogP contribution in [0, 0.1) is 5.82 Å². The van der Waals surface area contributed by atoms with Crippen LogP contribution in [-0.4, -0.2) is 31.7 Å². The summed E-state index contributed by atoms with van der Waals surface area (Å²) >= 11 is 0. The maximum atomic E-state index is 14.6. The minimum absolute atomic E-state index is 0.0623. The Balaban J connectivity index is 2.57. The first-order valence-electron chi connectivity index (χ1n) is 10.3. The molecule has 2 amide bonds. The van der Waals surface area contributed by atoms with Gasteiger partial charge in [0.1, 0.15) is 5.82 Å². The molecule has 174 valence electrons. The van der Waals surface area contributed by atoms with Gasteiger partial charge in [-0.15, -0.1) is 13.2 Å². The number of methoxy groups -OCH3 is 1. The molecule has 0 aliphatic carbocycles. The summed E-state index contributed by atoms with van der Waals surface area (Å²) in [6, 6.07) is 8.99. The average molecular weight is 454 g/mol. The third-order valence-corrected chi connectivity index (χ3v) is 4.66. The number of amides is 2. The molecule has 2 aromatic carbocycles. The predicted octanol–water partition coefficient (Wildman–Crippen LogP) is 5.41. The Hall–Kier alpha value is -3.94. The van der Waals surface area contributed by atoms with Crippen molar-refractivity contribution in [1.82, 2.24) is 0 Å². The summed E-state index contributed by atoms with van der Waals surface area (Å²) in [5.41, 5.74) is 2.05. The van der Waals surface area contributed by atoms with Gasteiger partial charge in [-0.1, -0.05) is 18.2 Å². The average Bonchev–Trinajstić information content (AvgIpc) is 2.77. The lowest BCUT2D eigenvalue weighted by Gasteiger charge is -2.18. The SMILES string of the molecule is C=CCC(=O)Nc1cc(NC(=O)OC)ccc1-c1cc(F)cc(C(CC=C)C(=O)OCC)c1. The van der Waals surface area contributed by atoms with E-state index in [4.69, 9.17) is 4.74 Å². The van der Waals surface area contributed by atoms with Crippen LogP contribution >= 0.6 is 0 Å². The summed E-state index contributed by atoms with van der Waals surface area (Å²) in [6.45, 7) is 9.11. The molecular weight excluding hydrogens is 427 g/mol. The summed E-state index contributed by atoms with van der Waals surface area (Å²) in [5.74, 6) is -2.10. The molecule has 0 spiro atoms. The minimum Gasteiger partial charge on any atom is -0.466 e. The lowest BCUT2D eigenvalue weighted by Crippen LogP contribution is -2.16. The van der Waals surface area contributed by atoms with Gasteiger partial charge in [-0.3, -0.25) is 14.9 Å². The fraction of sp³-hybridized carbons (Fsp3) is 0.240. The Bertz CT molecular complexity index is 1050. The van der Waals surface area contributed by atoms with E-state index in [2.05, 4.69) is 28.5 Å². The van der Waals surface area contributed by atoms with Gasteiger partial charge in [0.2, 0.25) is 5.91 Å². The van der Waals surface area contributed by atoms with E-state index < -0.39 is 23.8 Å². The van der Waals surface area contributed by atoms with Crippen molar-refractivity contribution in [1.29, 1.82) is 0 Å². The summed E-state index contributed by atoms with van der Waals surface area (Å²) < 4.78 is 24.4. The van der Waals surface area contributed by atoms with Crippen molar-refractivity contribution in [3.8, 4) is 11.1 Å². The van der Waals surface area contributed by atoms with Crippen molar-refractivity contribution in [2.24, 2.45) is 0 Å². The van der Waals surface area contributed by atoms with Crippen LogP contribution < -0.4 is 10.6 Å². The second-order valence-corrected chi connectivity index (χ2v) is 7.02. The fourth-order valence-electron chi connectivity index (χ4n) is 3.23. The van der Waals surface area contributed by atoms with E-state index in [0.717, 1.165) is 0 Å². The summed E-state index contributed by atoms with van der Waals surface area (Å²) in [6.07, 6.45) is 2.67. The topological polar surface area (TPSA) is 93.7 Å². The lowest BCUT2D eigenvalue weighted by molar-refractivity contribution is -0.144. The smallest absolute Gasteiger partial charge is 0.411 e. The monoisotopic (exact) mass is 454 g/mol. The Morgan fingerprint density at radius 1 is 1.09 bits per heavy atom. The highest BCUT2D eigenvalue weighted by molar-refractivity contribution is 5.98. The van der Waals surface area contributed by atoms with Crippen molar-refractivity contribution < 1.29 is 28.2 Å². The Labute approximate surface area is 192 Å². The largest absolute Gasteiger partial charge is 0.466 e. The summed E-state index contributed by atoms with van der Waals surface area (Å²) in [4.78, 5) is 36.3. The maximum Gasteiger partial charge on any atom is 0.411 e. The number of anilines is 2. The second-order valence-electron chi connectivity index (χ2n) is 7.02. The number of rotatable bonds is 10. The zero-order valence-corrected chi connectivity index (χ0v) is 18.7. The first-order chi connectivity index (χ1) is 15.8. The molecule has 0 saturated heterocycles. The fourth-order valence-corrected chi connectivity index (χ4v) is 3.23. The number of hydrogen-bond donors (Lipinski definition) is 2. The van der Waals surface area contributed by atoms with E-state index in [1.54, 1.807) is 31.2 Å². The second kappa shape index (κ2) is 12.2. The van der Waals surface area contributed by atoms with Gasteiger partial charge in [0.15, 0.2) is 0 Å². The zero-order chi connectivity index (χ0) is 24.4. The van der Waals surface area contributed by atoms with Gasteiger partial charge < -0.3 is 14.8 Å². The molecule has 1 atom stereocenters. The number of hydrogen-bond acceptors (Lipinski definition) is 5. The number of halogens is 1. The standard InChI is InChI=1S/C25H27FN2O5/c1-5-8-21(24(30)33-7-3)17-12-16(13-18(26)14-17)20-11-10-19(27-25(31)32-4)15-22(20)28-23(29)9-6-2/h5-6,10-15,21H,1-2,7-9H2,3-4H3,(H,27,31)(H,28,29). The molecule has 0 aliphatic heterocycles. The van der Waals surface area contributed by atoms with Gasteiger partial charge >= 0.3 is 12.1 Å². The molecule has 0 bridgehead atoms. The molecule has 0 aliphatic rings. The molecule has 2 aromatic rings. The molecular formula is C25H27FN2O5. The van der Waals surface area contributed by atoms with Crippen LogP contribution in [0.15, 0.2) is 61.7 Å². The molecule has 0 saturated carbocycles. The van der Waals surface area contributed by atoms with Gasteiger partial charge in [-0.25, -0.2) is 9.18 Å². The van der Waals surface area contributed by atoms with Crippen molar-refractivity contribution in [2.75, 3.05) is 24.4 Å². The van der Waals surface area contributed by atoms with E-state index in [0.29, 0.717) is 28.1 Å². The molecule has 0 heterocycles. The van der Waals surface area contributed by atoms with E-state index in [1.165, 1.54) is 31.4 Å².